The molecule has 6 rings (SSSR count). The summed E-state index contributed by atoms with van der Waals surface area (Å²) < 4.78 is 8.37. The summed E-state index contributed by atoms with van der Waals surface area (Å²) in [4.78, 5) is 14.2. The second-order valence-corrected chi connectivity index (χ2v) is 10.2. The van der Waals surface area contributed by atoms with E-state index in [-0.39, 0.29) is 0 Å². The van der Waals surface area contributed by atoms with Gasteiger partial charge in [0, 0.05) is 50.0 Å². The van der Waals surface area contributed by atoms with Crippen LogP contribution in [0.5, 0.6) is 11.5 Å². The van der Waals surface area contributed by atoms with E-state index in [1.165, 1.54) is 19.3 Å². The second-order valence-electron chi connectivity index (χ2n) is 10.2. The fraction of sp³-hybridized carbons (Fsp3) is 0.379. The van der Waals surface area contributed by atoms with E-state index in [9.17, 15) is 0 Å². The van der Waals surface area contributed by atoms with Crippen LogP contribution >= 0.6 is 0 Å². The van der Waals surface area contributed by atoms with Crippen LogP contribution in [0.25, 0.3) is 22.2 Å². The zero-order valence-corrected chi connectivity index (χ0v) is 20.9. The highest BCUT2D eigenvalue weighted by atomic mass is 16.5. The van der Waals surface area contributed by atoms with Gasteiger partial charge < -0.3 is 19.9 Å². The molecule has 36 heavy (non-hydrogen) atoms. The lowest BCUT2D eigenvalue weighted by atomic mass is 9.89. The molecule has 2 aromatic carbocycles. The lowest BCUT2D eigenvalue weighted by Gasteiger charge is -2.41. The highest BCUT2D eigenvalue weighted by molar-refractivity contribution is 6.00. The van der Waals surface area contributed by atoms with Crippen LogP contribution in [0.2, 0.25) is 0 Å². The molecule has 4 aromatic rings. The van der Waals surface area contributed by atoms with Gasteiger partial charge in [-0.1, -0.05) is 30.3 Å². The van der Waals surface area contributed by atoms with E-state index in [1.807, 2.05) is 42.5 Å². The van der Waals surface area contributed by atoms with E-state index >= 15 is 0 Å². The van der Waals surface area contributed by atoms with E-state index in [4.69, 9.17) is 15.5 Å². The van der Waals surface area contributed by atoms with Crippen molar-refractivity contribution in [3.63, 3.8) is 0 Å². The van der Waals surface area contributed by atoms with Gasteiger partial charge in [0.15, 0.2) is 0 Å². The molecule has 7 nitrogen and oxygen atoms in total. The van der Waals surface area contributed by atoms with Crippen LogP contribution in [0.4, 0.5) is 5.82 Å². The molecule has 2 N–H and O–H groups in total. The highest BCUT2D eigenvalue weighted by Crippen LogP contribution is 2.39. The first-order valence-electron chi connectivity index (χ1n) is 13.0. The predicted molar refractivity (Wildman–Crippen MR) is 144 cm³/mol. The summed E-state index contributed by atoms with van der Waals surface area (Å²) in [5.41, 5.74) is 9.53. The third-order valence-corrected chi connectivity index (χ3v) is 7.85. The Kier molecular flexibility index (Phi) is 6.34. The van der Waals surface area contributed by atoms with Gasteiger partial charge in [-0.15, -0.1) is 0 Å². The fourth-order valence-corrected chi connectivity index (χ4v) is 5.84. The number of nitrogens with zero attached hydrogens (tertiary/aromatic N) is 5. The molecule has 0 bridgehead atoms. The number of piperazine rings is 1. The van der Waals surface area contributed by atoms with Gasteiger partial charge in [-0.25, -0.2) is 9.97 Å². The number of hydrogen-bond donors (Lipinski definition) is 1. The minimum absolute atomic E-state index is 0.412. The van der Waals surface area contributed by atoms with Crippen LogP contribution < -0.4 is 10.5 Å². The fourth-order valence-electron chi connectivity index (χ4n) is 5.84. The second kappa shape index (κ2) is 9.91. The van der Waals surface area contributed by atoms with Gasteiger partial charge in [0.25, 0.3) is 0 Å². The number of likely N-dealkylation sites (N-methyl/N-ethyl adjacent to an activating group) is 1. The maximum Gasteiger partial charge on any atom is 0.146 e. The standard InChI is InChI=1S/C29H34N6O/c1-33-14-16-34(17-15-33)22-6-5-7-23(18-22)35-19-26(27-28(30)31-20-32-29(27)35)21-10-12-25(13-11-21)36-24-8-3-2-4-9-24/h2-4,8-13,19-20,22-23H,5-7,14-18H2,1H3,(H2,30,31,32)/t22-,23+/m0/s1. The van der Waals surface area contributed by atoms with Crippen molar-refractivity contribution in [1.82, 2.24) is 24.3 Å². The normalized spacial score (nSPS) is 21.6. The molecule has 0 radical (unpaired) electrons. The molecule has 3 heterocycles. The number of benzene rings is 2. The van der Waals surface area contributed by atoms with Gasteiger partial charge >= 0.3 is 0 Å². The third kappa shape index (κ3) is 4.56. The molecule has 1 aliphatic heterocycles. The molecule has 2 atom stereocenters. The Bertz CT molecular complexity index is 1310. The molecule has 2 aliphatic rings. The number of nitrogen functional groups attached to an aromatic ring is 1. The Morgan fingerprint density at radius 1 is 0.861 bits per heavy atom. The van der Waals surface area contributed by atoms with E-state index in [0.717, 1.165) is 66.3 Å². The molecule has 7 heteroatoms. The maximum absolute atomic E-state index is 6.42. The van der Waals surface area contributed by atoms with Crippen LogP contribution in [0.15, 0.2) is 67.1 Å². The number of ether oxygens (including phenoxy) is 1. The van der Waals surface area contributed by atoms with Crippen molar-refractivity contribution < 1.29 is 4.74 Å². The Labute approximate surface area is 212 Å². The molecular weight excluding hydrogens is 448 g/mol. The first-order chi connectivity index (χ1) is 17.7. The first kappa shape index (κ1) is 23.0. The van der Waals surface area contributed by atoms with Gasteiger partial charge in [-0.2, -0.15) is 0 Å². The quantitative estimate of drug-likeness (QED) is 0.421. The van der Waals surface area contributed by atoms with Gasteiger partial charge in [-0.3, -0.25) is 4.90 Å². The largest absolute Gasteiger partial charge is 0.457 e. The van der Waals surface area contributed by atoms with E-state index < -0.39 is 0 Å². The van der Waals surface area contributed by atoms with Crippen molar-refractivity contribution in [3.8, 4) is 22.6 Å². The summed E-state index contributed by atoms with van der Waals surface area (Å²) in [6, 6.07) is 19.1. The average Bonchev–Trinajstić information content (AvgIpc) is 3.31. The number of rotatable bonds is 5. The average molecular weight is 483 g/mol. The monoisotopic (exact) mass is 482 g/mol. The molecule has 2 aromatic heterocycles. The summed E-state index contributed by atoms with van der Waals surface area (Å²) in [7, 11) is 2.22. The zero-order valence-electron chi connectivity index (χ0n) is 20.9. The van der Waals surface area contributed by atoms with Crippen molar-refractivity contribution in [2.75, 3.05) is 39.0 Å². The van der Waals surface area contributed by atoms with Crippen LogP contribution in [0.1, 0.15) is 31.7 Å². The van der Waals surface area contributed by atoms with Crippen LogP contribution in [-0.2, 0) is 0 Å². The minimum atomic E-state index is 0.412. The lowest BCUT2D eigenvalue weighted by molar-refractivity contribution is 0.0791. The molecule has 186 valence electrons. The number of para-hydroxylation sites is 1. The summed E-state index contributed by atoms with van der Waals surface area (Å²) in [6.07, 6.45) is 8.69. The molecular formula is C29H34N6O. The van der Waals surface area contributed by atoms with Crippen LogP contribution in [-0.4, -0.2) is 63.6 Å². The van der Waals surface area contributed by atoms with Gasteiger partial charge in [0.1, 0.15) is 29.3 Å². The SMILES string of the molecule is CN1CCN([C@H]2CCC[C@@H](n3cc(-c4ccc(Oc5ccccc5)cc4)c4c(N)ncnc43)C2)CC1. The Hall–Kier alpha value is -3.42. The van der Waals surface area contributed by atoms with Gasteiger partial charge in [0.05, 0.1) is 5.39 Å². The third-order valence-electron chi connectivity index (χ3n) is 7.85. The van der Waals surface area contributed by atoms with Gasteiger partial charge in [0.2, 0.25) is 0 Å². The van der Waals surface area contributed by atoms with Crippen molar-refractivity contribution in [2.45, 2.75) is 37.8 Å². The summed E-state index contributed by atoms with van der Waals surface area (Å²) in [6.45, 7) is 4.65. The van der Waals surface area contributed by atoms with E-state index in [1.54, 1.807) is 6.33 Å². The Morgan fingerprint density at radius 2 is 1.58 bits per heavy atom. The highest BCUT2D eigenvalue weighted by Gasteiger charge is 2.30. The number of hydrogen-bond acceptors (Lipinski definition) is 6. The molecule has 0 amide bonds. The van der Waals surface area contributed by atoms with Crippen molar-refractivity contribution in [1.29, 1.82) is 0 Å². The number of anilines is 1. The topological polar surface area (TPSA) is 72.4 Å². The summed E-state index contributed by atoms with van der Waals surface area (Å²) >= 11 is 0. The number of aromatic nitrogens is 3. The zero-order chi connectivity index (χ0) is 24.5. The lowest BCUT2D eigenvalue weighted by Crippen LogP contribution is -2.50. The minimum Gasteiger partial charge on any atom is -0.457 e. The Morgan fingerprint density at radius 3 is 2.36 bits per heavy atom. The molecule has 0 spiro atoms. The van der Waals surface area contributed by atoms with Crippen molar-refractivity contribution in [2.24, 2.45) is 0 Å². The molecule has 2 fully saturated rings. The van der Waals surface area contributed by atoms with Crippen molar-refractivity contribution in [3.05, 3.63) is 67.1 Å². The van der Waals surface area contributed by atoms with Crippen LogP contribution in [0, 0.1) is 0 Å². The smallest absolute Gasteiger partial charge is 0.146 e. The van der Waals surface area contributed by atoms with Gasteiger partial charge in [-0.05, 0) is 62.6 Å². The summed E-state index contributed by atoms with van der Waals surface area (Å²) in [5.74, 6) is 2.16. The number of nitrogens with two attached hydrogens (primary N) is 1. The summed E-state index contributed by atoms with van der Waals surface area (Å²) in [5, 5.41) is 0.941. The van der Waals surface area contributed by atoms with Crippen LogP contribution in [0.3, 0.4) is 0 Å². The Balaban J connectivity index is 1.29. The van der Waals surface area contributed by atoms with Crippen molar-refractivity contribution >= 4 is 16.9 Å². The molecule has 1 aliphatic carbocycles. The predicted octanol–water partition coefficient (Wildman–Crippen LogP) is 5.20. The number of fused-ring (bicyclic) bond motifs is 1. The molecule has 0 unspecified atom stereocenters. The van der Waals surface area contributed by atoms with E-state index in [0.29, 0.717) is 17.9 Å². The maximum atomic E-state index is 6.42. The molecule has 1 saturated heterocycles. The van der Waals surface area contributed by atoms with E-state index in [2.05, 4.69) is 44.7 Å². The first-order valence-corrected chi connectivity index (χ1v) is 13.0. The molecule has 1 saturated carbocycles.